The molecule has 1 aliphatic heterocycles. The van der Waals surface area contributed by atoms with Crippen molar-refractivity contribution in [3.05, 3.63) is 24.3 Å². The molecular formula is C17H24N4O3S. The van der Waals surface area contributed by atoms with Crippen molar-refractivity contribution in [2.24, 2.45) is 0 Å². The molecule has 25 heavy (non-hydrogen) atoms. The fourth-order valence-electron chi connectivity index (χ4n) is 2.85. The number of nitrogens with zero attached hydrogens (tertiary/aromatic N) is 3. The van der Waals surface area contributed by atoms with Crippen molar-refractivity contribution < 1.29 is 13.2 Å². The summed E-state index contributed by atoms with van der Waals surface area (Å²) in [6.45, 7) is 4.01. The number of rotatable bonds is 8. The number of amides is 1. The molecule has 0 saturated carbocycles. The predicted molar refractivity (Wildman–Crippen MR) is 95.4 cm³/mol. The Labute approximate surface area is 149 Å². The predicted octanol–water partition coefficient (Wildman–Crippen LogP) is 1.65. The number of nitriles is 1. The van der Waals surface area contributed by atoms with Crippen LogP contribution in [-0.4, -0.2) is 56.3 Å². The van der Waals surface area contributed by atoms with Gasteiger partial charge in [-0.25, -0.2) is 8.42 Å². The summed E-state index contributed by atoms with van der Waals surface area (Å²) >= 11 is 0. The fraction of sp³-hybridized carbons (Fsp3) is 0.529. The van der Waals surface area contributed by atoms with Gasteiger partial charge in [0, 0.05) is 18.8 Å². The second kappa shape index (κ2) is 8.94. The average molecular weight is 364 g/mol. The van der Waals surface area contributed by atoms with Crippen LogP contribution in [0.5, 0.6) is 0 Å². The molecule has 1 aliphatic rings. The summed E-state index contributed by atoms with van der Waals surface area (Å²) in [7, 11) is -3.51. The van der Waals surface area contributed by atoms with Gasteiger partial charge in [-0.3, -0.25) is 9.69 Å². The van der Waals surface area contributed by atoms with Crippen molar-refractivity contribution >= 4 is 21.6 Å². The zero-order valence-corrected chi connectivity index (χ0v) is 15.3. The normalized spacial score (nSPS) is 15.2. The van der Waals surface area contributed by atoms with Gasteiger partial charge in [0.05, 0.1) is 24.1 Å². The number of hydrogen-bond donors (Lipinski definition) is 1. The minimum absolute atomic E-state index is 0.102. The topological polar surface area (TPSA) is 93.5 Å². The summed E-state index contributed by atoms with van der Waals surface area (Å²) in [5.74, 6) is -0.264. The summed E-state index contributed by atoms with van der Waals surface area (Å²) in [4.78, 5) is 14.1. The van der Waals surface area contributed by atoms with E-state index in [1.807, 2.05) is 13.0 Å². The highest BCUT2D eigenvalue weighted by atomic mass is 32.2. The molecule has 0 atom stereocenters. The minimum Gasteiger partial charge on any atom is -0.325 e. The quantitative estimate of drug-likeness (QED) is 0.708. The second-order valence-electron chi connectivity index (χ2n) is 6.06. The summed E-state index contributed by atoms with van der Waals surface area (Å²) in [5.41, 5.74) is 0.443. The van der Waals surface area contributed by atoms with Crippen LogP contribution >= 0.6 is 0 Å². The highest BCUT2D eigenvalue weighted by Crippen LogP contribution is 2.23. The first-order valence-corrected chi connectivity index (χ1v) is 9.90. The summed E-state index contributed by atoms with van der Waals surface area (Å²) in [5, 5.41) is 11.5. The number of hydrogen-bond acceptors (Lipinski definition) is 5. The van der Waals surface area contributed by atoms with E-state index in [-0.39, 0.29) is 23.9 Å². The lowest BCUT2D eigenvalue weighted by Crippen LogP contribution is -2.34. The van der Waals surface area contributed by atoms with Crippen molar-refractivity contribution in [3.63, 3.8) is 0 Å². The molecule has 1 aromatic carbocycles. The maximum atomic E-state index is 12.6. The molecule has 0 spiro atoms. The Balaban J connectivity index is 2.06. The fourth-order valence-corrected chi connectivity index (χ4v) is 4.41. The second-order valence-corrected chi connectivity index (χ2v) is 7.99. The van der Waals surface area contributed by atoms with Gasteiger partial charge in [-0.05, 0) is 44.0 Å². The molecule has 1 fully saturated rings. The van der Waals surface area contributed by atoms with E-state index in [0.717, 1.165) is 19.3 Å². The van der Waals surface area contributed by atoms with Crippen LogP contribution in [-0.2, 0) is 14.8 Å². The molecule has 0 unspecified atom stereocenters. The molecule has 1 saturated heterocycles. The molecule has 0 aliphatic carbocycles. The molecular weight excluding hydrogens is 340 g/mol. The molecule has 0 aromatic heterocycles. The van der Waals surface area contributed by atoms with Gasteiger partial charge in [0.1, 0.15) is 0 Å². The van der Waals surface area contributed by atoms with Gasteiger partial charge < -0.3 is 5.32 Å². The third kappa shape index (κ3) is 5.26. The van der Waals surface area contributed by atoms with Crippen molar-refractivity contribution in [2.45, 2.75) is 31.1 Å². The van der Waals surface area contributed by atoms with Gasteiger partial charge in [-0.2, -0.15) is 9.57 Å². The Morgan fingerprint density at radius 3 is 2.72 bits per heavy atom. The van der Waals surface area contributed by atoms with Crippen molar-refractivity contribution in [1.29, 1.82) is 5.26 Å². The first-order chi connectivity index (χ1) is 12.0. The molecule has 1 N–H and O–H groups in total. The molecule has 136 valence electrons. The number of carbonyl (C=O) groups is 1. The molecule has 7 nitrogen and oxygen atoms in total. The maximum absolute atomic E-state index is 12.6. The van der Waals surface area contributed by atoms with Crippen LogP contribution in [0.1, 0.15) is 26.2 Å². The van der Waals surface area contributed by atoms with Crippen molar-refractivity contribution in [1.82, 2.24) is 9.21 Å². The lowest BCUT2D eigenvalue weighted by molar-refractivity contribution is -0.117. The van der Waals surface area contributed by atoms with E-state index < -0.39 is 10.0 Å². The largest absolute Gasteiger partial charge is 0.325 e. The van der Waals surface area contributed by atoms with Crippen LogP contribution in [0.25, 0.3) is 0 Å². The SMILES string of the molecule is CCCN(CC#N)CC(=O)Nc1cccc(S(=O)(=O)N2CCCC2)c1. The number of nitrogens with one attached hydrogen (secondary N) is 1. The Bertz CT molecular complexity index is 737. The first-order valence-electron chi connectivity index (χ1n) is 8.46. The lowest BCUT2D eigenvalue weighted by Gasteiger charge is -2.18. The minimum atomic E-state index is -3.51. The summed E-state index contributed by atoms with van der Waals surface area (Å²) < 4.78 is 26.7. The van der Waals surface area contributed by atoms with E-state index in [4.69, 9.17) is 5.26 Å². The smallest absolute Gasteiger partial charge is 0.243 e. The van der Waals surface area contributed by atoms with Crippen LogP contribution < -0.4 is 5.32 Å². The van der Waals surface area contributed by atoms with Crippen LogP contribution in [0.15, 0.2) is 29.2 Å². The Morgan fingerprint density at radius 2 is 2.08 bits per heavy atom. The highest BCUT2D eigenvalue weighted by molar-refractivity contribution is 7.89. The highest BCUT2D eigenvalue weighted by Gasteiger charge is 2.27. The molecule has 1 heterocycles. The van der Waals surface area contributed by atoms with Gasteiger partial charge in [-0.15, -0.1) is 0 Å². The third-order valence-corrected chi connectivity index (χ3v) is 5.92. The van der Waals surface area contributed by atoms with Gasteiger partial charge in [0.2, 0.25) is 15.9 Å². The number of carbonyl (C=O) groups excluding carboxylic acids is 1. The maximum Gasteiger partial charge on any atom is 0.243 e. The molecule has 8 heteroatoms. The number of sulfonamides is 1. The molecule has 1 aromatic rings. The standard InChI is InChI=1S/C17H24N4O3S/c1-2-9-20(12-8-18)14-17(22)19-15-6-5-7-16(13-15)25(23,24)21-10-3-4-11-21/h5-7,13H,2-4,9-12,14H2,1H3,(H,19,22). The van der Waals surface area contributed by atoms with Crippen molar-refractivity contribution in [2.75, 3.05) is 38.0 Å². The summed E-state index contributed by atoms with van der Waals surface area (Å²) in [6.07, 6.45) is 2.60. The first kappa shape index (κ1) is 19.4. The zero-order valence-electron chi connectivity index (χ0n) is 14.4. The van der Waals surface area contributed by atoms with Gasteiger partial charge in [0.25, 0.3) is 0 Å². The van der Waals surface area contributed by atoms with Gasteiger partial charge in [0.15, 0.2) is 0 Å². The molecule has 0 bridgehead atoms. The molecule has 2 rings (SSSR count). The zero-order chi connectivity index (χ0) is 18.3. The molecule has 1 amide bonds. The number of benzene rings is 1. The number of anilines is 1. The van der Waals surface area contributed by atoms with E-state index in [1.165, 1.54) is 10.4 Å². The average Bonchev–Trinajstić information content (AvgIpc) is 3.11. The lowest BCUT2D eigenvalue weighted by atomic mass is 10.3. The van der Waals surface area contributed by atoms with Gasteiger partial charge >= 0.3 is 0 Å². The van der Waals surface area contributed by atoms with E-state index in [9.17, 15) is 13.2 Å². The van der Waals surface area contributed by atoms with Crippen LogP contribution in [0, 0.1) is 11.3 Å². The summed E-state index contributed by atoms with van der Waals surface area (Å²) in [6, 6.07) is 8.36. The Kier molecular flexibility index (Phi) is 6.93. The van der Waals surface area contributed by atoms with Crippen molar-refractivity contribution in [3.8, 4) is 6.07 Å². The van der Waals surface area contributed by atoms with Crippen LogP contribution in [0.4, 0.5) is 5.69 Å². The van der Waals surface area contributed by atoms with Gasteiger partial charge in [-0.1, -0.05) is 13.0 Å². The van der Waals surface area contributed by atoms with E-state index in [1.54, 1.807) is 23.1 Å². The van der Waals surface area contributed by atoms with Crippen LogP contribution in [0.3, 0.4) is 0 Å². The van der Waals surface area contributed by atoms with E-state index >= 15 is 0 Å². The Morgan fingerprint density at radius 1 is 1.36 bits per heavy atom. The molecule has 0 radical (unpaired) electrons. The Hall–Kier alpha value is -1.95. The van der Waals surface area contributed by atoms with E-state index in [0.29, 0.717) is 25.3 Å². The monoisotopic (exact) mass is 364 g/mol. The van der Waals surface area contributed by atoms with Crippen LogP contribution in [0.2, 0.25) is 0 Å². The third-order valence-electron chi connectivity index (χ3n) is 4.02. The van der Waals surface area contributed by atoms with E-state index in [2.05, 4.69) is 5.32 Å².